The van der Waals surface area contributed by atoms with Gasteiger partial charge in [-0.1, -0.05) is 35.3 Å². The number of pyridine rings is 1. The third-order valence-corrected chi connectivity index (χ3v) is 3.58. The van der Waals surface area contributed by atoms with Crippen molar-refractivity contribution in [2.45, 2.75) is 13.8 Å². The van der Waals surface area contributed by atoms with Crippen LogP contribution in [-0.2, 0) is 4.74 Å². The van der Waals surface area contributed by atoms with Crippen LogP contribution in [0, 0.1) is 18.3 Å². The van der Waals surface area contributed by atoms with Crippen LogP contribution in [0.5, 0.6) is 0 Å². The van der Waals surface area contributed by atoms with Crippen LogP contribution in [0.4, 0.5) is 0 Å². The summed E-state index contributed by atoms with van der Waals surface area (Å²) in [6.45, 7) is 3.59. The Balaban J connectivity index is 2.80. The molecule has 0 spiro atoms. The average Bonchev–Trinajstić information content (AvgIpc) is 2.47. The highest BCUT2D eigenvalue weighted by Gasteiger charge is 2.24. The highest BCUT2D eigenvalue weighted by Crippen LogP contribution is 2.33. The average molecular weight is 335 g/mol. The first-order valence-electron chi connectivity index (χ1n) is 6.52. The standard InChI is InChI=1S/C16H12Cl2N2O2/c1-3-22-16(21)13-9(2)20-15(18)12(8-19)14(13)10-4-6-11(17)7-5-10/h4-7H,3H2,1-2H3. The lowest BCUT2D eigenvalue weighted by Gasteiger charge is -2.14. The number of rotatable bonds is 3. The topological polar surface area (TPSA) is 63.0 Å². The lowest BCUT2D eigenvalue weighted by Crippen LogP contribution is -2.12. The molecule has 0 N–H and O–H groups in total. The van der Waals surface area contributed by atoms with Crippen LogP contribution in [0.3, 0.4) is 0 Å². The number of hydrogen-bond acceptors (Lipinski definition) is 4. The molecule has 0 aliphatic carbocycles. The van der Waals surface area contributed by atoms with Gasteiger partial charge >= 0.3 is 5.97 Å². The number of carbonyl (C=O) groups is 1. The molecule has 0 aliphatic heterocycles. The predicted molar refractivity (Wildman–Crippen MR) is 85.1 cm³/mol. The monoisotopic (exact) mass is 334 g/mol. The maximum atomic E-state index is 12.3. The Kier molecular flexibility index (Phi) is 5.02. The number of nitrogens with zero attached hydrogens (tertiary/aromatic N) is 2. The Labute approximate surface area is 138 Å². The molecular weight excluding hydrogens is 323 g/mol. The molecule has 22 heavy (non-hydrogen) atoms. The minimum Gasteiger partial charge on any atom is -0.462 e. The van der Waals surface area contributed by atoms with E-state index in [1.54, 1.807) is 38.1 Å². The van der Waals surface area contributed by atoms with Crippen molar-refractivity contribution in [2.75, 3.05) is 6.61 Å². The molecule has 0 unspecified atom stereocenters. The van der Waals surface area contributed by atoms with E-state index in [0.717, 1.165) is 0 Å². The predicted octanol–water partition coefficient (Wildman–Crippen LogP) is 4.41. The second kappa shape index (κ2) is 6.78. The fourth-order valence-corrected chi connectivity index (χ4v) is 2.52. The maximum absolute atomic E-state index is 12.3. The summed E-state index contributed by atoms with van der Waals surface area (Å²) in [5.74, 6) is -0.536. The zero-order chi connectivity index (χ0) is 16.3. The molecule has 1 aromatic carbocycles. The third-order valence-electron chi connectivity index (χ3n) is 3.06. The number of hydrogen-bond donors (Lipinski definition) is 0. The van der Waals surface area contributed by atoms with Crippen LogP contribution in [0.2, 0.25) is 10.2 Å². The molecule has 0 aliphatic rings. The van der Waals surface area contributed by atoms with Crippen LogP contribution in [0.1, 0.15) is 28.5 Å². The normalized spacial score (nSPS) is 10.1. The molecule has 0 fully saturated rings. The summed E-state index contributed by atoms with van der Waals surface area (Å²) in [7, 11) is 0. The van der Waals surface area contributed by atoms with E-state index < -0.39 is 5.97 Å². The number of carbonyl (C=O) groups excluding carboxylic acids is 1. The van der Waals surface area contributed by atoms with Gasteiger partial charge < -0.3 is 4.74 Å². The van der Waals surface area contributed by atoms with Gasteiger partial charge in [0, 0.05) is 10.6 Å². The van der Waals surface area contributed by atoms with E-state index in [1.807, 2.05) is 6.07 Å². The summed E-state index contributed by atoms with van der Waals surface area (Å²) in [6, 6.07) is 8.80. The van der Waals surface area contributed by atoms with Gasteiger partial charge in [-0.25, -0.2) is 9.78 Å². The largest absolute Gasteiger partial charge is 0.462 e. The Morgan fingerprint density at radius 1 is 1.32 bits per heavy atom. The number of benzene rings is 1. The van der Waals surface area contributed by atoms with Crippen LogP contribution >= 0.6 is 23.2 Å². The van der Waals surface area contributed by atoms with E-state index in [-0.39, 0.29) is 22.9 Å². The number of aromatic nitrogens is 1. The first-order chi connectivity index (χ1) is 10.5. The second-order valence-corrected chi connectivity index (χ2v) is 5.25. The van der Waals surface area contributed by atoms with Crippen LogP contribution < -0.4 is 0 Å². The minimum absolute atomic E-state index is 0.0537. The van der Waals surface area contributed by atoms with E-state index in [2.05, 4.69) is 4.98 Å². The Hall–Kier alpha value is -2.09. The van der Waals surface area contributed by atoms with Gasteiger partial charge in [-0.2, -0.15) is 5.26 Å². The van der Waals surface area contributed by atoms with E-state index in [4.69, 9.17) is 27.9 Å². The summed E-state index contributed by atoms with van der Waals surface area (Å²) >= 11 is 12.0. The van der Waals surface area contributed by atoms with Gasteiger partial charge in [0.2, 0.25) is 0 Å². The molecule has 6 heteroatoms. The summed E-state index contributed by atoms with van der Waals surface area (Å²) in [5.41, 5.74) is 1.85. The molecule has 0 amide bonds. The Morgan fingerprint density at radius 3 is 2.50 bits per heavy atom. The van der Waals surface area contributed by atoms with E-state index >= 15 is 0 Å². The second-order valence-electron chi connectivity index (χ2n) is 4.45. The van der Waals surface area contributed by atoms with Gasteiger partial charge in [-0.15, -0.1) is 0 Å². The molecular formula is C16H12Cl2N2O2. The van der Waals surface area contributed by atoms with Gasteiger partial charge in [0.1, 0.15) is 11.2 Å². The van der Waals surface area contributed by atoms with Gasteiger partial charge in [-0.05, 0) is 31.5 Å². The van der Waals surface area contributed by atoms with Gasteiger partial charge in [0.05, 0.1) is 23.4 Å². The molecule has 1 aromatic heterocycles. The maximum Gasteiger partial charge on any atom is 0.340 e. The van der Waals surface area contributed by atoms with Crippen LogP contribution in [0.15, 0.2) is 24.3 Å². The highest BCUT2D eigenvalue weighted by molar-refractivity contribution is 6.31. The van der Waals surface area contributed by atoms with Crippen molar-refractivity contribution in [3.8, 4) is 17.2 Å². The first-order valence-corrected chi connectivity index (χ1v) is 7.28. The smallest absolute Gasteiger partial charge is 0.340 e. The third kappa shape index (κ3) is 3.06. The van der Waals surface area contributed by atoms with Gasteiger partial charge in [-0.3, -0.25) is 0 Å². The quantitative estimate of drug-likeness (QED) is 0.616. The van der Waals surface area contributed by atoms with Crippen molar-refractivity contribution in [1.82, 2.24) is 4.98 Å². The number of esters is 1. The fraction of sp³-hybridized carbons (Fsp3) is 0.188. The molecule has 112 valence electrons. The zero-order valence-electron chi connectivity index (χ0n) is 12.0. The number of nitriles is 1. The summed E-state index contributed by atoms with van der Waals surface area (Å²) in [5, 5.41) is 10.00. The van der Waals surface area contributed by atoms with Crippen molar-refractivity contribution in [3.63, 3.8) is 0 Å². The number of aryl methyl sites for hydroxylation is 1. The molecule has 2 rings (SSSR count). The van der Waals surface area contributed by atoms with E-state index in [9.17, 15) is 10.1 Å². The van der Waals surface area contributed by atoms with E-state index in [1.165, 1.54) is 0 Å². The van der Waals surface area contributed by atoms with Crippen molar-refractivity contribution in [3.05, 3.63) is 51.3 Å². The minimum atomic E-state index is -0.536. The zero-order valence-corrected chi connectivity index (χ0v) is 13.5. The molecule has 0 radical (unpaired) electrons. The highest BCUT2D eigenvalue weighted by atomic mass is 35.5. The van der Waals surface area contributed by atoms with Gasteiger partial charge in [0.25, 0.3) is 0 Å². The van der Waals surface area contributed by atoms with Crippen LogP contribution in [-0.4, -0.2) is 17.6 Å². The molecule has 0 saturated heterocycles. The molecule has 2 aromatic rings. The van der Waals surface area contributed by atoms with Gasteiger partial charge in [0.15, 0.2) is 0 Å². The molecule has 4 nitrogen and oxygen atoms in total. The molecule has 0 atom stereocenters. The Morgan fingerprint density at radius 2 is 1.95 bits per heavy atom. The van der Waals surface area contributed by atoms with Crippen LogP contribution in [0.25, 0.3) is 11.1 Å². The Bertz CT molecular complexity index is 765. The molecule has 1 heterocycles. The fourth-order valence-electron chi connectivity index (χ4n) is 2.13. The lowest BCUT2D eigenvalue weighted by atomic mass is 9.95. The SMILES string of the molecule is CCOC(=O)c1c(C)nc(Cl)c(C#N)c1-c1ccc(Cl)cc1. The number of halogens is 2. The van der Waals surface area contributed by atoms with E-state index in [0.29, 0.717) is 21.8 Å². The molecule has 0 saturated carbocycles. The summed E-state index contributed by atoms with van der Waals surface area (Å²) in [6.07, 6.45) is 0. The van der Waals surface area contributed by atoms with Crippen molar-refractivity contribution >= 4 is 29.2 Å². The summed E-state index contributed by atoms with van der Waals surface area (Å²) in [4.78, 5) is 16.3. The number of ether oxygens (including phenoxy) is 1. The lowest BCUT2D eigenvalue weighted by molar-refractivity contribution is 0.0526. The summed E-state index contributed by atoms with van der Waals surface area (Å²) < 4.78 is 5.08. The van der Waals surface area contributed by atoms with Crippen molar-refractivity contribution in [2.24, 2.45) is 0 Å². The molecule has 0 bridgehead atoms. The van der Waals surface area contributed by atoms with Crippen molar-refractivity contribution in [1.29, 1.82) is 5.26 Å². The van der Waals surface area contributed by atoms with Crippen molar-refractivity contribution < 1.29 is 9.53 Å². The first kappa shape index (κ1) is 16.3.